The van der Waals surface area contributed by atoms with Crippen molar-refractivity contribution < 1.29 is 46.6 Å². The number of alkyl halides is 3. The van der Waals surface area contributed by atoms with E-state index in [9.17, 15) is 47.0 Å². The van der Waals surface area contributed by atoms with Crippen LogP contribution in [0.3, 0.4) is 0 Å². The normalized spacial score (nSPS) is 19.4. The Hall–Kier alpha value is -7.31. The Bertz CT molecular complexity index is 3220. The number of carbonyl (C=O) groups excluding carboxylic acids is 5. The Morgan fingerprint density at radius 1 is 0.824 bits per heavy atom. The number of benzene rings is 2. The van der Waals surface area contributed by atoms with Crippen LogP contribution in [-0.4, -0.2) is 152 Å². The topological polar surface area (TPSA) is 229 Å². The van der Waals surface area contributed by atoms with Gasteiger partial charge in [0, 0.05) is 113 Å². The summed E-state index contributed by atoms with van der Waals surface area (Å²) in [6, 6.07) is 8.69. The number of rotatable bonds is 20. The number of halogens is 4. The van der Waals surface area contributed by atoms with Crippen LogP contribution < -0.4 is 31.3 Å². The summed E-state index contributed by atoms with van der Waals surface area (Å²) in [6.07, 6.45) is 3.09. The fraction of sp³-hybridized carbons (Fsp3) is 0.525. The van der Waals surface area contributed by atoms with E-state index >= 15 is 4.39 Å². The van der Waals surface area contributed by atoms with Crippen molar-refractivity contribution in [2.75, 3.05) is 68.0 Å². The zero-order valence-electron chi connectivity index (χ0n) is 49.5. The van der Waals surface area contributed by atoms with Gasteiger partial charge < -0.3 is 45.6 Å². The molecule has 0 bridgehead atoms. The molecule has 5 aromatic rings. The van der Waals surface area contributed by atoms with E-state index in [2.05, 4.69) is 40.8 Å². The summed E-state index contributed by atoms with van der Waals surface area (Å²) in [7, 11) is 1.97. The molecule has 3 fully saturated rings. The van der Waals surface area contributed by atoms with Crippen molar-refractivity contribution in [1.29, 1.82) is 0 Å². The highest BCUT2D eigenvalue weighted by Crippen LogP contribution is 2.38. The monoisotopic (exact) mass is 1200 g/mol. The van der Waals surface area contributed by atoms with E-state index in [1.165, 1.54) is 29.4 Å². The van der Waals surface area contributed by atoms with Crippen LogP contribution in [0.25, 0.3) is 21.6 Å². The van der Waals surface area contributed by atoms with Crippen LogP contribution in [0.15, 0.2) is 71.4 Å². The number of likely N-dealkylation sites (tertiary alicyclic amines) is 1. The SMILES string of the molecule is Cc1ncsc1-c1ccc([C@H](C)NC(=O)[C@@H]2C[C@@H](O)CN2C(=O)[C@@H](NC(=O)CCCCCCCCC(=O)N2CCN(c3ncc(-c4cc(NC(=O)c5c[nH]c(=O)cc5C(F)(F)F)c(N5C[C@@H](C)N(C)[C@@H](C)C5)cc4F)cn3)CC2)C(C)(C)C)cc1. The number of thiazole rings is 1. The second-order valence-electron chi connectivity index (χ2n) is 23.8. The maximum absolute atomic E-state index is 16.2. The van der Waals surface area contributed by atoms with Crippen molar-refractivity contribution in [3.8, 4) is 21.6 Å². The Kier molecular flexibility index (Phi) is 20.5. The van der Waals surface area contributed by atoms with Crippen LogP contribution in [0.2, 0.25) is 0 Å². The van der Waals surface area contributed by atoms with Gasteiger partial charge in [-0.1, -0.05) is 70.7 Å². The first-order valence-corrected chi connectivity index (χ1v) is 30.0. The van der Waals surface area contributed by atoms with Gasteiger partial charge in [0.15, 0.2) is 0 Å². The van der Waals surface area contributed by atoms with Gasteiger partial charge in [-0.05, 0) is 76.3 Å². The molecule has 0 saturated carbocycles. The highest BCUT2D eigenvalue weighted by Gasteiger charge is 2.45. The van der Waals surface area contributed by atoms with Gasteiger partial charge in [0.2, 0.25) is 35.1 Å². The lowest BCUT2D eigenvalue weighted by Gasteiger charge is -2.44. The molecule has 5 N–H and O–H groups in total. The van der Waals surface area contributed by atoms with Crippen molar-refractivity contribution in [1.82, 2.24) is 45.3 Å². The second kappa shape index (κ2) is 27.4. The molecule has 8 rings (SSSR count). The summed E-state index contributed by atoms with van der Waals surface area (Å²) in [5, 5.41) is 19.2. The van der Waals surface area contributed by atoms with Gasteiger partial charge in [-0.25, -0.2) is 19.3 Å². The highest BCUT2D eigenvalue weighted by molar-refractivity contribution is 7.13. The number of aryl methyl sites for hydroxylation is 1. The molecular formula is C61H78F4N12O7S. The third kappa shape index (κ3) is 15.8. The molecule has 0 radical (unpaired) electrons. The summed E-state index contributed by atoms with van der Waals surface area (Å²) in [5.41, 5.74) is 1.35. The molecule has 3 aliphatic rings. The molecule has 0 aliphatic carbocycles. The molecule has 2 aromatic carbocycles. The van der Waals surface area contributed by atoms with Gasteiger partial charge >= 0.3 is 6.18 Å². The number of aromatic nitrogens is 4. The Morgan fingerprint density at radius 3 is 2.07 bits per heavy atom. The standard InChI is InChI=1S/C61H78F4N12O7S/c1-36-32-76(33-37(2)73(36)8)49-28-47(62)44(26-48(49)71-56(82)45-31-66-52(80)27-46(45)61(63,64)65)42-29-67-59(68-30-42)75-23-21-74(22-24-75)53(81)16-14-12-10-9-11-13-15-51(79)72-55(60(5,6)7)58(84)77-34-43(78)25-50(77)57(83)70-38(3)40-17-19-41(20-18-40)54-39(4)69-35-85-54/h17-20,26-31,35-38,43,50,55,78H,9-16,21-25,32-34H2,1-8H3,(H,66,80)(H,70,83)(H,71,82)(H,72,79)/t36-,37+,38-,43+,50-,55+/m0/s1. The van der Waals surface area contributed by atoms with E-state index in [0.717, 1.165) is 47.4 Å². The molecule has 3 aliphatic heterocycles. The lowest BCUT2D eigenvalue weighted by Crippen LogP contribution is -2.57. The van der Waals surface area contributed by atoms with E-state index in [0.29, 0.717) is 76.7 Å². The maximum Gasteiger partial charge on any atom is 0.417 e. The number of likely N-dealkylation sites (N-methyl/N-ethyl adjacent to an activating group) is 1. The number of aromatic amines is 1. The number of nitrogens with zero attached hydrogens (tertiary/aromatic N) is 8. The van der Waals surface area contributed by atoms with Crippen LogP contribution in [0, 0.1) is 18.2 Å². The first-order valence-electron chi connectivity index (χ1n) is 29.1. The minimum Gasteiger partial charge on any atom is -0.391 e. The molecule has 24 heteroatoms. The fourth-order valence-corrected chi connectivity index (χ4v) is 12.1. The van der Waals surface area contributed by atoms with E-state index in [1.54, 1.807) is 16.8 Å². The van der Waals surface area contributed by atoms with E-state index in [4.69, 9.17) is 0 Å². The summed E-state index contributed by atoms with van der Waals surface area (Å²) >= 11 is 1.56. The van der Waals surface area contributed by atoms with Crippen LogP contribution in [0.5, 0.6) is 0 Å². The second-order valence-corrected chi connectivity index (χ2v) is 24.7. The number of H-pyrrole nitrogens is 1. The Balaban J connectivity index is 0.763. The molecule has 0 unspecified atom stereocenters. The zero-order chi connectivity index (χ0) is 61.5. The number of anilines is 3. The average molecular weight is 1200 g/mol. The number of pyridine rings is 1. The van der Waals surface area contributed by atoms with Crippen molar-refractivity contribution >= 4 is 58.2 Å². The molecule has 5 amide bonds. The zero-order valence-corrected chi connectivity index (χ0v) is 50.3. The van der Waals surface area contributed by atoms with Gasteiger partial charge in [0.05, 0.1) is 50.7 Å². The smallest absolute Gasteiger partial charge is 0.391 e. The highest BCUT2D eigenvalue weighted by atomic mass is 32.1. The van der Waals surface area contributed by atoms with Crippen molar-refractivity contribution in [3.05, 3.63) is 105 Å². The number of β-amino-alcohol motifs (C(OH)–C–C–N with tert-alkyl or cyclic N) is 1. The predicted octanol–water partition coefficient (Wildman–Crippen LogP) is 8.34. The molecular weight excluding hydrogens is 1120 g/mol. The number of aliphatic hydroxyl groups excluding tert-OH is 1. The number of hydrogen-bond acceptors (Lipinski definition) is 14. The molecule has 3 aromatic heterocycles. The van der Waals surface area contributed by atoms with E-state index < -0.39 is 64.1 Å². The Labute approximate surface area is 497 Å². The fourth-order valence-electron chi connectivity index (χ4n) is 11.3. The quantitative estimate of drug-likeness (QED) is 0.0365. The van der Waals surface area contributed by atoms with Crippen LogP contribution in [0.1, 0.15) is 133 Å². The van der Waals surface area contributed by atoms with E-state index in [-0.39, 0.29) is 77.7 Å². The van der Waals surface area contributed by atoms with Gasteiger partial charge in [0.1, 0.15) is 17.9 Å². The van der Waals surface area contributed by atoms with Crippen molar-refractivity contribution in [2.24, 2.45) is 5.41 Å². The summed E-state index contributed by atoms with van der Waals surface area (Å²) in [5.74, 6) is -2.45. The predicted molar refractivity (Wildman–Crippen MR) is 318 cm³/mol. The summed E-state index contributed by atoms with van der Waals surface area (Å²) in [4.78, 5) is 106. The van der Waals surface area contributed by atoms with E-state index in [1.807, 2.05) is 94.5 Å². The van der Waals surface area contributed by atoms with Crippen LogP contribution >= 0.6 is 11.3 Å². The largest absolute Gasteiger partial charge is 0.417 e. The maximum atomic E-state index is 16.2. The van der Waals surface area contributed by atoms with Gasteiger partial charge in [-0.3, -0.25) is 33.7 Å². The van der Waals surface area contributed by atoms with Crippen molar-refractivity contribution in [3.63, 3.8) is 0 Å². The molecule has 6 atom stereocenters. The third-order valence-electron chi connectivity index (χ3n) is 16.5. The minimum atomic E-state index is -5.00. The van der Waals surface area contributed by atoms with Gasteiger partial charge in [0.25, 0.3) is 5.91 Å². The lowest BCUT2D eigenvalue weighted by atomic mass is 9.85. The van der Waals surface area contributed by atoms with Crippen LogP contribution in [-0.2, 0) is 25.4 Å². The average Bonchev–Trinajstić information content (AvgIpc) is 2.58. The van der Waals surface area contributed by atoms with Gasteiger partial charge in [-0.15, -0.1) is 11.3 Å². The molecule has 458 valence electrons. The first-order chi connectivity index (χ1) is 40.3. The number of nitrogens with one attached hydrogen (secondary N) is 4. The molecule has 85 heavy (non-hydrogen) atoms. The summed E-state index contributed by atoms with van der Waals surface area (Å²) < 4.78 is 58.2. The number of amides is 5. The van der Waals surface area contributed by atoms with Crippen molar-refractivity contribution in [2.45, 2.75) is 149 Å². The Morgan fingerprint density at radius 2 is 1.46 bits per heavy atom. The molecule has 19 nitrogen and oxygen atoms in total. The van der Waals surface area contributed by atoms with Gasteiger partial charge in [-0.2, -0.15) is 13.2 Å². The number of hydrogen-bond donors (Lipinski definition) is 5. The minimum absolute atomic E-state index is 0.00275. The number of aliphatic hydroxyl groups is 1. The lowest BCUT2D eigenvalue weighted by molar-refractivity contribution is -0.144. The number of unbranched alkanes of at least 4 members (excludes halogenated alkanes) is 5. The molecule has 3 saturated heterocycles. The molecule has 6 heterocycles. The van der Waals surface area contributed by atoms with Crippen LogP contribution in [0.4, 0.5) is 34.9 Å². The molecule has 0 spiro atoms. The number of carbonyl (C=O) groups is 5. The number of piperazine rings is 2. The third-order valence-corrected chi connectivity index (χ3v) is 17.5. The first kappa shape index (κ1) is 63.7. The summed E-state index contributed by atoms with van der Waals surface area (Å²) in [6.45, 7) is 16.1.